The van der Waals surface area contributed by atoms with E-state index in [9.17, 15) is 4.79 Å². The fourth-order valence-electron chi connectivity index (χ4n) is 2.68. The minimum atomic E-state index is -0.333. The predicted molar refractivity (Wildman–Crippen MR) is 107 cm³/mol. The average Bonchev–Trinajstić information content (AvgIpc) is 3.17. The summed E-state index contributed by atoms with van der Waals surface area (Å²) < 4.78 is 12.2. The highest BCUT2D eigenvalue weighted by atomic mass is 79.9. The van der Waals surface area contributed by atoms with Crippen LogP contribution in [0.1, 0.15) is 16.3 Å². The number of hydrogen-bond donors (Lipinski definition) is 1. The van der Waals surface area contributed by atoms with Gasteiger partial charge in [0.25, 0.3) is 5.91 Å². The Kier molecular flexibility index (Phi) is 4.89. The van der Waals surface area contributed by atoms with Crippen LogP contribution in [-0.4, -0.2) is 10.9 Å². The predicted octanol–water partition coefficient (Wildman–Crippen LogP) is 5.42. The molecule has 0 aliphatic carbocycles. The lowest BCUT2D eigenvalue weighted by molar-refractivity contribution is 0.0992. The lowest BCUT2D eigenvalue weighted by Crippen LogP contribution is -2.11. The largest absolute Gasteiger partial charge is 0.484 e. The Morgan fingerprint density at radius 1 is 1.04 bits per heavy atom. The molecule has 1 amide bonds. The second kappa shape index (κ2) is 7.63. The van der Waals surface area contributed by atoms with E-state index < -0.39 is 0 Å². The van der Waals surface area contributed by atoms with E-state index in [-0.39, 0.29) is 18.3 Å². The highest BCUT2D eigenvalue weighted by Crippen LogP contribution is 2.25. The molecule has 6 heteroatoms. The average molecular weight is 423 g/mol. The number of nitrogens with zero attached hydrogens (tertiary/aromatic N) is 1. The van der Waals surface area contributed by atoms with Gasteiger partial charge in [-0.15, -0.1) is 0 Å². The molecular weight excluding hydrogens is 408 g/mol. The molecule has 0 aliphatic rings. The zero-order chi connectivity index (χ0) is 18.6. The van der Waals surface area contributed by atoms with Gasteiger partial charge in [-0.25, -0.2) is 0 Å². The summed E-state index contributed by atoms with van der Waals surface area (Å²) in [5.74, 6) is 1.16. The van der Waals surface area contributed by atoms with Crippen LogP contribution in [0.3, 0.4) is 0 Å². The van der Waals surface area contributed by atoms with Gasteiger partial charge in [-0.3, -0.25) is 9.78 Å². The highest BCUT2D eigenvalue weighted by molar-refractivity contribution is 9.10. The first-order chi connectivity index (χ1) is 13.2. The van der Waals surface area contributed by atoms with E-state index in [0.29, 0.717) is 17.2 Å². The number of anilines is 1. The number of hydrogen-bond acceptors (Lipinski definition) is 4. The van der Waals surface area contributed by atoms with Crippen molar-refractivity contribution in [2.75, 3.05) is 5.32 Å². The normalized spacial score (nSPS) is 10.7. The Morgan fingerprint density at radius 3 is 2.78 bits per heavy atom. The molecule has 134 valence electrons. The molecule has 0 saturated carbocycles. The molecule has 0 atom stereocenters. The lowest BCUT2D eigenvalue weighted by atomic mass is 10.2. The van der Waals surface area contributed by atoms with Crippen molar-refractivity contribution in [2.45, 2.75) is 6.61 Å². The number of carbonyl (C=O) groups is 1. The molecule has 0 spiro atoms. The molecule has 1 N–H and O–H groups in total. The summed E-state index contributed by atoms with van der Waals surface area (Å²) in [6.45, 7) is 0.228. The van der Waals surface area contributed by atoms with Crippen molar-refractivity contribution in [3.8, 4) is 5.75 Å². The molecule has 2 aromatic carbocycles. The second-order valence-corrected chi connectivity index (χ2v) is 6.67. The van der Waals surface area contributed by atoms with Gasteiger partial charge >= 0.3 is 0 Å². The molecule has 2 aromatic heterocycles. The van der Waals surface area contributed by atoms with Crippen molar-refractivity contribution >= 4 is 38.4 Å². The fourth-order valence-corrected chi connectivity index (χ4v) is 3.08. The van der Waals surface area contributed by atoms with Crippen LogP contribution >= 0.6 is 15.9 Å². The maximum absolute atomic E-state index is 12.5. The Morgan fingerprint density at radius 2 is 1.89 bits per heavy atom. The number of furan rings is 1. The van der Waals surface area contributed by atoms with Crippen LogP contribution < -0.4 is 10.1 Å². The number of fused-ring (bicyclic) bond motifs is 1. The van der Waals surface area contributed by atoms with Crippen LogP contribution in [0.2, 0.25) is 0 Å². The van der Waals surface area contributed by atoms with E-state index in [1.165, 1.54) is 0 Å². The van der Waals surface area contributed by atoms with E-state index in [0.717, 1.165) is 15.4 Å². The zero-order valence-electron chi connectivity index (χ0n) is 14.2. The van der Waals surface area contributed by atoms with Gasteiger partial charge in [0.2, 0.25) is 0 Å². The smallest absolute Gasteiger partial charge is 0.291 e. The Hall–Kier alpha value is -3.12. The number of para-hydroxylation sites is 2. The summed E-state index contributed by atoms with van der Waals surface area (Å²) in [6.07, 6.45) is 1.70. The van der Waals surface area contributed by atoms with Gasteiger partial charge in [0.1, 0.15) is 18.1 Å². The summed E-state index contributed by atoms with van der Waals surface area (Å²) in [5.41, 5.74) is 1.37. The Bertz CT molecular complexity index is 1100. The summed E-state index contributed by atoms with van der Waals surface area (Å²) >= 11 is 3.43. The van der Waals surface area contributed by atoms with E-state index >= 15 is 0 Å². The standard InChI is InChI=1S/C21H15BrN2O3/c22-16-7-1-2-9-18(16)26-13-15-10-11-19(27-15)21(25)24-17-8-3-5-14-6-4-12-23-20(14)17/h1-12H,13H2,(H,24,25). The quantitative estimate of drug-likeness (QED) is 0.466. The van der Waals surface area contributed by atoms with Gasteiger partial charge in [-0.2, -0.15) is 0 Å². The third kappa shape index (κ3) is 3.85. The van der Waals surface area contributed by atoms with Crippen molar-refractivity contribution in [2.24, 2.45) is 0 Å². The minimum absolute atomic E-state index is 0.216. The number of halogens is 1. The van der Waals surface area contributed by atoms with E-state index in [1.807, 2.05) is 54.6 Å². The third-order valence-electron chi connectivity index (χ3n) is 3.97. The molecule has 0 unspecified atom stereocenters. The molecule has 27 heavy (non-hydrogen) atoms. The molecule has 2 heterocycles. The number of ether oxygens (including phenoxy) is 1. The maximum Gasteiger partial charge on any atom is 0.291 e. The molecule has 0 aliphatic heterocycles. The number of amides is 1. The van der Waals surface area contributed by atoms with Gasteiger partial charge in [-0.1, -0.05) is 30.3 Å². The molecule has 0 bridgehead atoms. The number of aromatic nitrogens is 1. The molecular formula is C21H15BrN2O3. The van der Waals surface area contributed by atoms with Crippen LogP contribution in [0, 0.1) is 0 Å². The summed E-state index contributed by atoms with van der Waals surface area (Å²) in [7, 11) is 0. The van der Waals surface area contributed by atoms with E-state index in [4.69, 9.17) is 9.15 Å². The summed E-state index contributed by atoms with van der Waals surface area (Å²) in [6, 6.07) is 20.4. The second-order valence-electron chi connectivity index (χ2n) is 5.82. The molecule has 0 radical (unpaired) electrons. The first-order valence-corrected chi connectivity index (χ1v) is 9.11. The fraction of sp³-hybridized carbons (Fsp3) is 0.0476. The summed E-state index contributed by atoms with van der Waals surface area (Å²) in [5, 5.41) is 3.81. The zero-order valence-corrected chi connectivity index (χ0v) is 15.8. The monoisotopic (exact) mass is 422 g/mol. The van der Waals surface area contributed by atoms with Crippen molar-refractivity contribution in [3.05, 3.63) is 88.9 Å². The van der Waals surface area contributed by atoms with Gasteiger partial charge in [0.15, 0.2) is 5.76 Å². The van der Waals surface area contributed by atoms with Crippen LogP contribution in [-0.2, 0) is 6.61 Å². The lowest BCUT2D eigenvalue weighted by Gasteiger charge is -2.07. The van der Waals surface area contributed by atoms with Gasteiger partial charge in [0.05, 0.1) is 15.7 Å². The van der Waals surface area contributed by atoms with Crippen molar-refractivity contribution in [1.82, 2.24) is 4.98 Å². The molecule has 0 fully saturated rings. The Balaban J connectivity index is 1.46. The maximum atomic E-state index is 12.5. The Labute approximate surface area is 164 Å². The SMILES string of the molecule is O=C(Nc1cccc2cccnc12)c1ccc(COc2ccccc2Br)o1. The highest BCUT2D eigenvalue weighted by Gasteiger charge is 2.14. The number of benzene rings is 2. The van der Waals surface area contributed by atoms with Crippen molar-refractivity contribution in [1.29, 1.82) is 0 Å². The molecule has 4 aromatic rings. The van der Waals surface area contributed by atoms with Gasteiger partial charge in [0, 0.05) is 11.6 Å². The van der Waals surface area contributed by atoms with Crippen molar-refractivity contribution < 1.29 is 13.9 Å². The van der Waals surface area contributed by atoms with Crippen LogP contribution in [0.4, 0.5) is 5.69 Å². The van der Waals surface area contributed by atoms with Crippen LogP contribution in [0.15, 0.2) is 81.8 Å². The van der Waals surface area contributed by atoms with E-state index in [2.05, 4.69) is 26.2 Å². The molecule has 5 nitrogen and oxygen atoms in total. The molecule has 4 rings (SSSR count). The number of carbonyl (C=O) groups excluding carboxylic acids is 1. The number of rotatable bonds is 5. The van der Waals surface area contributed by atoms with E-state index in [1.54, 1.807) is 18.3 Å². The van der Waals surface area contributed by atoms with Crippen LogP contribution in [0.5, 0.6) is 5.75 Å². The number of nitrogens with one attached hydrogen (secondary N) is 1. The first-order valence-electron chi connectivity index (χ1n) is 8.32. The summed E-state index contributed by atoms with van der Waals surface area (Å²) in [4.78, 5) is 16.9. The van der Waals surface area contributed by atoms with Gasteiger partial charge in [-0.05, 0) is 52.3 Å². The number of pyridine rings is 1. The van der Waals surface area contributed by atoms with Crippen LogP contribution in [0.25, 0.3) is 10.9 Å². The van der Waals surface area contributed by atoms with Gasteiger partial charge < -0.3 is 14.5 Å². The third-order valence-corrected chi connectivity index (χ3v) is 4.63. The topological polar surface area (TPSA) is 64.4 Å². The first kappa shape index (κ1) is 17.3. The molecule has 0 saturated heterocycles. The minimum Gasteiger partial charge on any atom is -0.484 e. The van der Waals surface area contributed by atoms with Crippen molar-refractivity contribution in [3.63, 3.8) is 0 Å².